The van der Waals surface area contributed by atoms with Gasteiger partial charge in [-0.15, -0.1) is 0 Å². The number of aliphatic hydroxyl groups is 1. The Morgan fingerprint density at radius 1 is 1.25 bits per heavy atom. The molecule has 1 amide bonds. The summed E-state index contributed by atoms with van der Waals surface area (Å²) >= 11 is 5.13. The number of rotatable bonds is 9. The van der Waals surface area contributed by atoms with Gasteiger partial charge in [-0.1, -0.05) is 32.0 Å². The van der Waals surface area contributed by atoms with Crippen LogP contribution < -0.4 is 16.2 Å². The van der Waals surface area contributed by atoms with Crippen LogP contribution in [0.5, 0.6) is 0 Å². The van der Waals surface area contributed by atoms with Gasteiger partial charge in [-0.2, -0.15) is 0 Å². The van der Waals surface area contributed by atoms with Crippen LogP contribution in [0.25, 0.3) is 0 Å². The van der Waals surface area contributed by atoms with E-state index in [2.05, 4.69) is 16.2 Å². The van der Waals surface area contributed by atoms with E-state index in [1.807, 2.05) is 44.2 Å². The predicted molar refractivity (Wildman–Crippen MR) is 99.5 cm³/mol. The molecular weight excluding hydrogens is 326 g/mol. The maximum absolute atomic E-state index is 12.2. The molecule has 134 valence electrons. The van der Waals surface area contributed by atoms with Crippen LogP contribution in [0.4, 0.5) is 5.69 Å². The van der Waals surface area contributed by atoms with E-state index in [4.69, 9.17) is 17.0 Å². The first-order chi connectivity index (χ1) is 11.6. The van der Waals surface area contributed by atoms with Crippen molar-refractivity contribution in [2.45, 2.75) is 39.2 Å². The molecular formula is C17H27N3O3S. The summed E-state index contributed by atoms with van der Waals surface area (Å²) in [4.78, 5) is 12.2. The summed E-state index contributed by atoms with van der Waals surface area (Å²) in [6.45, 7) is 4.77. The average Bonchev–Trinajstić information content (AvgIpc) is 2.58. The quantitative estimate of drug-likeness (QED) is 0.310. The Morgan fingerprint density at radius 3 is 2.58 bits per heavy atom. The number of anilines is 1. The third kappa shape index (κ3) is 8.24. The Kier molecular flexibility index (Phi) is 9.98. The fourth-order valence-electron chi connectivity index (χ4n) is 2.12. The van der Waals surface area contributed by atoms with Crippen molar-refractivity contribution in [3.8, 4) is 0 Å². The Bertz CT molecular complexity index is 499. The summed E-state index contributed by atoms with van der Waals surface area (Å²) in [6.07, 6.45) is 1.23. The van der Waals surface area contributed by atoms with Crippen LogP contribution in [-0.2, 0) is 9.53 Å². The van der Waals surface area contributed by atoms with Crippen LogP contribution in [0.15, 0.2) is 30.3 Å². The van der Waals surface area contributed by atoms with E-state index in [-0.39, 0.29) is 18.4 Å². The fourth-order valence-corrected chi connectivity index (χ4v) is 2.29. The third-order valence-corrected chi connectivity index (χ3v) is 3.61. The topological polar surface area (TPSA) is 82.6 Å². The van der Waals surface area contributed by atoms with Crippen LogP contribution >= 0.6 is 12.2 Å². The van der Waals surface area contributed by atoms with Gasteiger partial charge < -0.3 is 15.2 Å². The molecule has 0 aliphatic rings. The molecule has 0 bridgehead atoms. The van der Waals surface area contributed by atoms with E-state index in [0.717, 1.165) is 12.1 Å². The van der Waals surface area contributed by atoms with Crippen molar-refractivity contribution >= 4 is 28.9 Å². The number of benzene rings is 1. The number of aliphatic hydroxyl groups excluding tert-OH is 1. The lowest BCUT2D eigenvalue weighted by Crippen LogP contribution is -2.46. The highest BCUT2D eigenvalue weighted by Crippen LogP contribution is 2.12. The molecule has 1 rings (SSSR count). The molecule has 0 aromatic heterocycles. The highest BCUT2D eigenvalue weighted by Gasteiger charge is 2.20. The summed E-state index contributed by atoms with van der Waals surface area (Å²) in [7, 11) is 0. The average molecular weight is 353 g/mol. The van der Waals surface area contributed by atoms with Crippen LogP contribution in [-0.4, -0.2) is 35.4 Å². The Labute approximate surface area is 148 Å². The molecule has 4 N–H and O–H groups in total. The van der Waals surface area contributed by atoms with Crippen molar-refractivity contribution in [3.05, 3.63) is 30.3 Å². The number of ether oxygens (including phenoxy) is 1. The molecule has 7 heteroatoms. The second-order valence-electron chi connectivity index (χ2n) is 5.50. The summed E-state index contributed by atoms with van der Waals surface area (Å²) in [6, 6.07) is 9.43. The Balaban J connectivity index is 2.34. The highest BCUT2D eigenvalue weighted by atomic mass is 32.1. The van der Waals surface area contributed by atoms with Gasteiger partial charge in [0.15, 0.2) is 5.11 Å². The number of hydrogen-bond donors (Lipinski definition) is 4. The van der Waals surface area contributed by atoms with Gasteiger partial charge in [0.25, 0.3) is 0 Å². The molecule has 0 fully saturated rings. The Morgan fingerprint density at radius 2 is 1.96 bits per heavy atom. The second-order valence-corrected chi connectivity index (χ2v) is 5.91. The van der Waals surface area contributed by atoms with Crippen LogP contribution in [0.3, 0.4) is 0 Å². The van der Waals surface area contributed by atoms with Crippen molar-refractivity contribution in [1.82, 2.24) is 10.9 Å². The largest absolute Gasteiger partial charge is 0.391 e. The standard InChI is InChI=1S/C17H27N3O3S/c1-3-10-23-12-15(21)11-13(4-2)16(22)19-20-17(24)18-14-8-6-5-7-9-14/h5-9,13,15,21H,3-4,10-12H2,1-2H3,(H,19,22)(H2,18,20,24)/t13-,15+/m0/s1. The maximum Gasteiger partial charge on any atom is 0.241 e. The molecule has 2 atom stereocenters. The molecule has 0 aliphatic carbocycles. The van der Waals surface area contributed by atoms with E-state index in [1.54, 1.807) is 0 Å². The monoisotopic (exact) mass is 353 g/mol. The van der Waals surface area contributed by atoms with Crippen molar-refractivity contribution in [3.63, 3.8) is 0 Å². The first-order valence-corrected chi connectivity index (χ1v) is 8.65. The smallest absolute Gasteiger partial charge is 0.241 e. The summed E-state index contributed by atoms with van der Waals surface area (Å²) in [5, 5.41) is 13.2. The number of hydrazine groups is 1. The first kappa shape index (κ1) is 20.3. The zero-order chi connectivity index (χ0) is 17.8. The lowest BCUT2D eigenvalue weighted by atomic mass is 9.98. The van der Waals surface area contributed by atoms with Crippen molar-refractivity contribution in [2.75, 3.05) is 18.5 Å². The van der Waals surface area contributed by atoms with Gasteiger partial charge in [-0.05, 0) is 43.6 Å². The van der Waals surface area contributed by atoms with Crippen LogP contribution in [0.2, 0.25) is 0 Å². The van der Waals surface area contributed by atoms with E-state index < -0.39 is 6.10 Å². The SMILES string of the molecule is CCCOC[C@H](O)C[C@H](CC)C(=O)NNC(=S)Nc1ccccc1. The number of para-hydroxylation sites is 1. The first-order valence-electron chi connectivity index (χ1n) is 8.24. The predicted octanol–water partition coefficient (Wildman–Crippen LogP) is 2.21. The number of carbonyl (C=O) groups is 1. The lowest BCUT2D eigenvalue weighted by molar-refractivity contribution is -0.127. The van der Waals surface area contributed by atoms with Crippen molar-refractivity contribution in [1.29, 1.82) is 0 Å². The summed E-state index contributed by atoms with van der Waals surface area (Å²) in [5.41, 5.74) is 6.09. The molecule has 24 heavy (non-hydrogen) atoms. The van der Waals surface area contributed by atoms with Crippen molar-refractivity contribution < 1.29 is 14.6 Å². The molecule has 6 nitrogen and oxygen atoms in total. The zero-order valence-corrected chi connectivity index (χ0v) is 15.1. The molecule has 0 saturated heterocycles. The fraction of sp³-hybridized carbons (Fsp3) is 0.529. The molecule has 1 aromatic rings. The van der Waals surface area contributed by atoms with Gasteiger partial charge in [0.2, 0.25) is 5.91 Å². The van der Waals surface area contributed by atoms with E-state index in [9.17, 15) is 9.90 Å². The van der Waals surface area contributed by atoms with Gasteiger partial charge in [0.1, 0.15) is 0 Å². The normalized spacial score (nSPS) is 13.0. The molecule has 0 radical (unpaired) electrons. The van der Waals surface area contributed by atoms with E-state index >= 15 is 0 Å². The summed E-state index contributed by atoms with van der Waals surface area (Å²) in [5.74, 6) is -0.512. The summed E-state index contributed by atoms with van der Waals surface area (Å²) < 4.78 is 5.31. The van der Waals surface area contributed by atoms with Crippen molar-refractivity contribution in [2.24, 2.45) is 5.92 Å². The number of thiocarbonyl (C=S) groups is 1. The van der Waals surface area contributed by atoms with Gasteiger partial charge in [0, 0.05) is 18.2 Å². The van der Waals surface area contributed by atoms with Gasteiger partial charge in [-0.25, -0.2) is 0 Å². The highest BCUT2D eigenvalue weighted by molar-refractivity contribution is 7.80. The minimum Gasteiger partial charge on any atom is -0.391 e. The number of hydrogen-bond acceptors (Lipinski definition) is 4. The van der Waals surface area contributed by atoms with Crippen LogP contribution in [0, 0.1) is 5.92 Å². The molecule has 0 unspecified atom stereocenters. The molecule has 1 aromatic carbocycles. The minimum atomic E-state index is -0.651. The number of nitrogens with one attached hydrogen (secondary N) is 3. The molecule has 0 spiro atoms. The van der Waals surface area contributed by atoms with Crippen LogP contribution in [0.1, 0.15) is 33.1 Å². The van der Waals surface area contributed by atoms with E-state index in [0.29, 0.717) is 24.6 Å². The van der Waals surface area contributed by atoms with Gasteiger partial charge >= 0.3 is 0 Å². The molecule has 0 heterocycles. The lowest BCUT2D eigenvalue weighted by Gasteiger charge is -2.19. The number of amides is 1. The number of carbonyl (C=O) groups excluding carboxylic acids is 1. The second kappa shape index (κ2) is 11.8. The maximum atomic E-state index is 12.2. The Hall–Kier alpha value is -1.70. The zero-order valence-electron chi connectivity index (χ0n) is 14.2. The van der Waals surface area contributed by atoms with Gasteiger partial charge in [0.05, 0.1) is 12.7 Å². The van der Waals surface area contributed by atoms with Gasteiger partial charge in [-0.3, -0.25) is 15.6 Å². The minimum absolute atomic E-state index is 0.204. The third-order valence-electron chi connectivity index (χ3n) is 3.41. The molecule has 0 aliphatic heterocycles. The van der Waals surface area contributed by atoms with E-state index in [1.165, 1.54) is 0 Å². The molecule has 0 saturated carbocycles.